The van der Waals surface area contributed by atoms with E-state index in [0.29, 0.717) is 28.4 Å². The van der Waals surface area contributed by atoms with Gasteiger partial charge in [0, 0.05) is 17.3 Å². The minimum Gasteiger partial charge on any atom is -0.383 e. The largest absolute Gasteiger partial charge is 0.417 e. The summed E-state index contributed by atoms with van der Waals surface area (Å²) in [5.41, 5.74) is 5.76. The lowest BCUT2D eigenvalue weighted by molar-refractivity contribution is -0.137. The van der Waals surface area contributed by atoms with E-state index in [-0.39, 0.29) is 23.2 Å². The Hall–Kier alpha value is -3.93. The highest BCUT2D eigenvalue weighted by Gasteiger charge is 2.33. The Morgan fingerprint density at radius 1 is 1.11 bits per heavy atom. The quantitative estimate of drug-likeness (QED) is 0.288. The van der Waals surface area contributed by atoms with Crippen molar-refractivity contribution in [3.63, 3.8) is 0 Å². The number of anilines is 3. The lowest BCUT2D eigenvalue weighted by Gasteiger charge is -2.13. The molecule has 0 aliphatic carbocycles. The van der Waals surface area contributed by atoms with E-state index in [4.69, 9.17) is 17.3 Å². The van der Waals surface area contributed by atoms with Crippen molar-refractivity contribution in [1.29, 1.82) is 0 Å². The number of carbonyl (C=O) groups is 1. The molecule has 0 aliphatic rings. The van der Waals surface area contributed by atoms with Crippen LogP contribution in [-0.2, 0) is 6.18 Å². The molecule has 8 nitrogen and oxygen atoms in total. The summed E-state index contributed by atoms with van der Waals surface area (Å²) in [5, 5.41) is 8.95. The van der Waals surface area contributed by atoms with Crippen molar-refractivity contribution in [2.45, 2.75) is 26.1 Å². The molecule has 4 N–H and O–H groups in total. The number of carbonyl (C=O) groups excluding carboxylic acids is 1. The van der Waals surface area contributed by atoms with Crippen LogP contribution in [-0.4, -0.2) is 25.8 Å². The Kier molecular flexibility index (Phi) is 6.24. The molecule has 4 aromatic rings. The number of aromatic nitrogens is 4. The van der Waals surface area contributed by atoms with Gasteiger partial charge in [-0.15, -0.1) is 0 Å². The number of nitrogen functional groups attached to an aromatic ring is 1. The van der Waals surface area contributed by atoms with E-state index in [0.717, 1.165) is 12.1 Å². The molecule has 2 amide bonds. The fourth-order valence-electron chi connectivity index (χ4n) is 3.43. The Labute approximate surface area is 201 Å². The smallest absolute Gasteiger partial charge is 0.383 e. The van der Waals surface area contributed by atoms with Crippen molar-refractivity contribution in [2.75, 3.05) is 16.4 Å². The first-order valence-corrected chi connectivity index (χ1v) is 10.6. The summed E-state index contributed by atoms with van der Waals surface area (Å²) in [4.78, 5) is 20.5. The molecule has 0 saturated heterocycles. The van der Waals surface area contributed by atoms with E-state index in [2.05, 4.69) is 25.7 Å². The predicted octanol–water partition coefficient (Wildman–Crippen LogP) is 6.11. The number of hydrogen-bond donors (Lipinski definition) is 3. The van der Waals surface area contributed by atoms with Crippen LogP contribution in [0.1, 0.15) is 25.5 Å². The van der Waals surface area contributed by atoms with Crippen molar-refractivity contribution in [3.8, 4) is 11.3 Å². The highest BCUT2D eigenvalue weighted by atomic mass is 35.5. The number of nitrogens with two attached hydrogens (primary N) is 1. The van der Waals surface area contributed by atoms with Crippen LogP contribution in [0, 0.1) is 5.82 Å². The zero-order valence-electron chi connectivity index (χ0n) is 18.3. The Morgan fingerprint density at radius 2 is 1.86 bits per heavy atom. The maximum absolute atomic E-state index is 14.9. The molecule has 13 heteroatoms. The summed E-state index contributed by atoms with van der Waals surface area (Å²) in [6.07, 6.45) is -3.39. The first-order chi connectivity index (χ1) is 16.5. The molecule has 0 bridgehead atoms. The molecule has 0 fully saturated rings. The minimum absolute atomic E-state index is 0.0548. The van der Waals surface area contributed by atoms with Crippen molar-refractivity contribution in [3.05, 3.63) is 59.1 Å². The van der Waals surface area contributed by atoms with E-state index in [1.54, 1.807) is 4.68 Å². The molecular weight excluding hydrogens is 490 g/mol. The van der Waals surface area contributed by atoms with Crippen LogP contribution >= 0.6 is 11.6 Å². The molecule has 0 radical (unpaired) electrons. The summed E-state index contributed by atoms with van der Waals surface area (Å²) < 4.78 is 55.6. The van der Waals surface area contributed by atoms with Crippen molar-refractivity contribution in [2.24, 2.45) is 0 Å². The first kappa shape index (κ1) is 24.2. The second-order valence-corrected chi connectivity index (χ2v) is 8.22. The lowest BCUT2D eigenvalue weighted by atomic mass is 10.1. The number of nitrogens with zero attached hydrogens (tertiary/aromatic N) is 4. The van der Waals surface area contributed by atoms with Crippen LogP contribution in [0.2, 0.25) is 5.02 Å². The third-order valence-electron chi connectivity index (χ3n) is 5.03. The Morgan fingerprint density at radius 3 is 2.51 bits per heavy atom. The van der Waals surface area contributed by atoms with Crippen molar-refractivity contribution in [1.82, 2.24) is 19.7 Å². The normalized spacial score (nSPS) is 11.8. The van der Waals surface area contributed by atoms with Crippen molar-refractivity contribution >= 4 is 45.9 Å². The number of urea groups is 1. The highest BCUT2D eigenvalue weighted by Crippen LogP contribution is 2.36. The van der Waals surface area contributed by atoms with Gasteiger partial charge < -0.3 is 16.4 Å². The summed E-state index contributed by atoms with van der Waals surface area (Å²) >= 11 is 5.58. The van der Waals surface area contributed by atoms with Crippen molar-refractivity contribution < 1.29 is 22.4 Å². The molecule has 4 rings (SSSR count). The molecule has 0 aliphatic heterocycles. The topological polar surface area (TPSA) is 111 Å². The third-order valence-corrected chi connectivity index (χ3v) is 5.36. The lowest BCUT2D eigenvalue weighted by Crippen LogP contribution is -2.20. The molecular formula is C22H18ClF4N7O. The Balaban J connectivity index is 1.59. The number of nitrogens with one attached hydrogen (secondary N) is 2. The van der Waals surface area contributed by atoms with Crippen LogP contribution in [0.4, 0.5) is 39.5 Å². The van der Waals surface area contributed by atoms with E-state index >= 15 is 0 Å². The fraction of sp³-hybridized carbons (Fsp3) is 0.182. The van der Waals surface area contributed by atoms with Gasteiger partial charge >= 0.3 is 12.2 Å². The minimum atomic E-state index is -4.70. The molecule has 2 aromatic heterocycles. The number of rotatable bonds is 4. The standard InChI is InChI=1S/C22H18ClF4N7O/c1-10(2)34-20-17(19(28)29-9-30-20)18(33-34)11-3-6-16(15(24)7-11)32-21(35)31-12-4-5-14(23)13(8-12)22(25,26)27/h3-10H,1-2H3,(H2,28,29,30)(H2,31,32,35). The van der Waals surface area contributed by atoms with E-state index in [9.17, 15) is 22.4 Å². The molecule has 35 heavy (non-hydrogen) atoms. The monoisotopic (exact) mass is 507 g/mol. The van der Waals surface area contributed by atoms with Gasteiger partial charge in [-0.1, -0.05) is 17.7 Å². The number of fused-ring (bicyclic) bond motifs is 1. The highest BCUT2D eigenvalue weighted by molar-refractivity contribution is 6.31. The fourth-order valence-corrected chi connectivity index (χ4v) is 3.65. The second kappa shape index (κ2) is 9.02. The van der Waals surface area contributed by atoms with Gasteiger partial charge in [-0.25, -0.2) is 23.8 Å². The zero-order valence-corrected chi connectivity index (χ0v) is 19.0. The van der Waals surface area contributed by atoms with Gasteiger partial charge in [0.05, 0.1) is 21.7 Å². The van der Waals surface area contributed by atoms with Crippen LogP contribution in [0.5, 0.6) is 0 Å². The van der Waals surface area contributed by atoms with Crippen LogP contribution in [0.15, 0.2) is 42.7 Å². The van der Waals surface area contributed by atoms with E-state index in [1.165, 1.54) is 24.5 Å². The van der Waals surface area contributed by atoms with Gasteiger partial charge in [0.1, 0.15) is 23.7 Å². The van der Waals surface area contributed by atoms with Crippen LogP contribution < -0.4 is 16.4 Å². The predicted molar refractivity (Wildman–Crippen MR) is 125 cm³/mol. The second-order valence-electron chi connectivity index (χ2n) is 7.81. The number of alkyl halides is 3. The maximum atomic E-state index is 14.9. The molecule has 0 atom stereocenters. The number of hydrogen-bond acceptors (Lipinski definition) is 5. The molecule has 0 unspecified atom stereocenters. The summed E-state index contributed by atoms with van der Waals surface area (Å²) in [6, 6.07) is 5.85. The average molecular weight is 508 g/mol. The SMILES string of the molecule is CC(C)n1nc(-c2ccc(NC(=O)Nc3ccc(Cl)c(C(F)(F)F)c3)c(F)c2)c2c(N)ncnc21. The number of benzene rings is 2. The van der Waals surface area contributed by atoms with E-state index < -0.39 is 28.6 Å². The maximum Gasteiger partial charge on any atom is 0.417 e. The van der Waals surface area contributed by atoms with Gasteiger partial charge in [-0.3, -0.25) is 0 Å². The molecule has 182 valence electrons. The summed E-state index contributed by atoms with van der Waals surface area (Å²) in [6.45, 7) is 3.80. The van der Waals surface area contributed by atoms with E-state index in [1.807, 2.05) is 13.8 Å². The molecule has 2 aromatic carbocycles. The summed E-state index contributed by atoms with van der Waals surface area (Å²) in [7, 11) is 0. The first-order valence-electron chi connectivity index (χ1n) is 10.2. The zero-order chi connectivity index (χ0) is 25.5. The third kappa shape index (κ3) is 4.83. The Bertz CT molecular complexity index is 1440. The van der Waals surface area contributed by atoms with Gasteiger partial charge in [0.2, 0.25) is 0 Å². The van der Waals surface area contributed by atoms with Gasteiger partial charge in [-0.2, -0.15) is 18.3 Å². The summed E-state index contributed by atoms with van der Waals surface area (Å²) in [5.74, 6) is -0.618. The number of amides is 2. The molecule has 0 saturated carbocycles. The van der Waals surface area contributed by atoms with Crippen LogP contribution in [0.3, 0.4) is 0 Å². The van der Waals surface area contributed by atoms with Gasteiger partial charge in [0.15, 0.2) is 5.65 Å². The van der Waals surface area contributed by atoms with Gasteiger partial charge in [0.25, 0.3) is 0 Å². The van der Waals surface area contributed by atoms with Gasteiger partial charge in [-0.05, 0) is 44.2 Å². The number of halogens is 5. The molecule has 0 spiro atoms. The van der Waals surface area contributed by atoms with Crippen LogP contribution in [0.25, 0.3) is 22.3 Å². The average Bonchev–Trinajstić information content (AvgIpc) is 3.17. The molecule has 2 heterocycles.